The molecule has 2 fully saturated rings. The van der Waals surface area contributed by atoms with Crippen LogP contribution in [0.15, 0.2) is 60.7 Å². The van der Waals surface area contributed by atoms with Crippen molar-refractivity contribution in [2.45, 2.75) is 25.1 Å². The van der Waals surface area contributed by atoms with Gasteiger partial charge in [0, 0.05) is 30.8 Å². The molecule has 2 atom stereocenters. The van der Waals surface area contributed by atoms with Crippen molar-refractivity contribution in [1.29, 1.82) is 5.26 Å². The number of nitrogens with one attached hydrogen (secondary N) is 1. The summed E-state index contributed by atoms with van der Waals surface area (Å²) >= 11 is 0. The summed E-state index contributed by atoms with van der Waals surface area (Å²) < 4.78 is 27.9. The highest BCUT2D eigenvalue weighted by molar-refractivity contribution is 5.96. The topological polar surface area (TPSA) is 75.3 Å². The van der Waals surface area contributed by atoms with Gasteiger partial charge in [-0.2, -0.15) is 5.26 Å². The number of morpholine rings is 1. The minimum atomic E-state index is -0.326. The number of aromatic nitrogens is 2. The Morgan fingerprint density at radius 2 is 2.00 bits per heavy atom. The lowest BCUT2D eigenvalue weighted by atomic mass is 9.92. The first-order chi connectivity index (χ1) is 18.7. The van der Waals surface area contributed by atoms with E-state index in [1.807, 2.05) is 24.3 Å². The Kier molecular flexibility index (Phi) is 5.61. The van der Waals surface area contributed by atoms with Crippen molar-refractivity contribution in [1.82, 2.24) is 14.5 Å². The average Bonchev–Trinajstić information content (AvgIpc) is 3.47. The number of benzene rings is 3. The average molecular weight is 508 g/mol. The first kappa shape index (κ1) is 23.0. The van der Waals surface area contributed by atoms with Crippen LogP contribution in [0, 0.1) is 17.3 Å². The van der Waals surface area contributed by atoms with Crippen molar-refractivity contribution >= 4 is 28.6 Å². The fraction of sp³-hybridized carbons (Fsp3) is 0.267. The number of hydrogen-bond acceptors (Lipinski definition) is 6. The van der Waals surface area contributed by atoms with Crippen LogP contribution >= 0.6 is 0 Å². The van der Waals surface area contributed by atoms with E-state index in [0.29, 0.717) is 24.3 Å². The largest absolute Gasteiger partial charge is 0.488 e. The van der Waals surface area contributed by atoms with Crippen LogP contribution in [0.2, 0.25) is 0 Å². The van der Waals surface area contributed by atoms with E-state index < -0.39 is 0 Å². The Hall–Kier alpha value is -4.19. The molecular weight excluding hydrogens is 481 g/mol. The number of halogens is 1. The second-order valence-electron chi connectivity index (χ2n) is 10.0. The van der Waals surface area contributed by atoms with Crippen LogP contribution in [-0.4, -0.2) is 46.8 Å². The van der Waals surface area contributed by atoms with Crippen LogP contribution in [0.5, 0.6) is 5.75 Å². The van der Waals surface area contributed by atoms with Gasteiger partial charge < -0.3 is 14.0 Å². The Balaban J connectivity index is 1.33. The van der Waals surface area contributed by atoms with E-state index in [2.05, 4.69) is 45.3 Å². The van der Waals surface area contributed by atoms with Gasteiger partial charge in [0.2, 0.25) is 5.95 Å². The molecule has 3 aliphatic heterocycles. The maximum atomic E-state index is 14.1. The zero-order valence-electron chi connectivity index (χ0n) is 20.7. The van der Waals surface area contributed by atoms with Gasteiger partial charge in [-0.3, -0.25) is 10.2 Å². The Morgan fingerprint density at radius 1 is 1.08 bits per heavy atom. The smallest absolute Gasteiger partial charge is 0.217 e. The molecule has 8 heteroatoms. The number of imidazole rings is 1. The summed E-state index contributed by atoms with van der Waals surface area (Å²) in [5.74, 6) is 0.764. The van der Waals surface area contributed by atoms with Crippen molar-refractivity contribution in [3.63, 3.8) is 0 Å². The molecule has 0 bridgehead atoms. The molecule has 0 spiro atoms. The second-order valence-corrected chi connectivity index (χ2v) is 10.0. The third-order valence-electron chi connectivity index (χ3n) is 7.82. The first-order valence-electron chi connectivity index (χ1n) is 12.9. The molecule has 3 aromatic carbocycles. The fourth-order valence-electron chi connectivity index (χ4n) is 6.08. The lowest BCUT2D eigenvalue weighted by Crippen LogP contribution is -2.40. The number of nitriles is 1. The minimum Gasteiger partial charge on any atom is -0.488 e. The molecule has 38 heavy (non-hydrogen) atoms. The van der Waals surface area contributed by atoms with Crippen LogP contribution in [-0.2, 0) is 11.3 Å². The van der Waals surface area contributed by atoms with Crippen LogP contribution in [0.3, 0.4) is 0 Å². The van der Waals surface area contributed by atoms with Gasteiger partial charge in [0.05, 0.1) is 30.3 Å². The molecule has 190 valence electrons. The molecule has 0 saturated carbocycles. The first-order valence-corrected chi connectivity index (χ1v) is 12.9. The van der Waals surface area contributed by atoms with Gasteiger partial charge in [-0.15, -0.1) is 0 Å². The van der Waals surface area contributed by atoms with Gasteiger partial charge in [-0.1, -0.05) is 30.3 Å². The van der Waals surface area contributed by atoms with Crippen molar-refractivity contribution < 1.29 is 13.9 Å². The SMILES string of the molecule is N#CNc1nc2cc(/C=C3\c4ccccc4COc4cc(F)ccc43)ccc2n1[C@H]1CC2COCCN2C1. The van der Waals surface area contributed by atoms with Crippen LogP contribution in [0.1, 0.15) is 34.7 Å². The normalized spacial score (nSPS) is 21.7. The monoisotopic (exact) mass is 507 g/mol. The predicted octanol–water partition coefficient (Wildman–Crippen LogP) is 5.20. The molecular formula is C30H26FN5O2. The van der Waals surface area contributed by atoms with Gasteiger partial charge in [-0.25, -0.2) is 9.37 Å². The third kappa shape index (κ3) is 3.92. The summed E-state index contributed by atoms with van der Waals surface area (Å²) in [6.45, 7) is 3.73. The molecule has 3 aliphatic rings. The number of nitrogens with zero attached hydrogens (tertiary/aromatic N) is 4. The van der Waals surface area contributed by atoms with Crippen molar-refractivity contribution in [2.24, 2.45) is 0 Å². The molecule has 2 saturated heterocycles. The summed E-state index contributed by atoms with van der Waals surface area (Å²) in [6.07, 6.45) is 5.12. The number of anilines is 1. The molecule has 7 nitrogen and oxygen atoms in total. The standard InChI is InChI=1S/C30H26FN5O2/c31-21-6-7-25-26(24-4-2-1-3-20(24)16-38-29(25)13-21)11-19-5-8-28-27(12-19)34-30(33-18-32)36(28)22-14-23-17-37-10-9-35(23)15-22/h1-8,11-13,22-23H,9-10,14-17H2,(H,33,34)/b26-11+/t22-,23?/m0/s1. The Labute approximate surface area is 219 Å². The summed E-state index contributed by atoms with van der Waals surface area (Å²) in [4.78, 5) is 7.29. The lowest BCUT2D eigenvalue weighted by Gasteiger charge is -2.28. The molecule has 4 heterocycles. The number of hydrogen-bond donors (Lipinski definition) is 1. The highest BCUT2D eigenvalue weighted by atomic mass is 19.1. The van der Waals surface area contributed by atoms with E-state index in [0.717, 1.165) is 71.6 Å². The number of ether oxygens (including phenoxy) is 2. The lowest BCUT2D eigenvalue weighted by molar-refractivity contribution is 0.0128. The zero-order valence-corrected chi connectivity index (χ0v) is 20.7. The van der Waals surface area contributed by atoms with E-state index in [-0.39, 0.29) is 11.9 Å². The van der Waals surface area contributed by atoms with Crippen LogP contribution < -0.4 is 10.1 Å². The molecule has 0 aliphatic carbocycles. The maximum absolute atomic E-state index is 14.1. The molecule has 1 N–H and O–H groups in total. The van der Waals surface area contributed by atoms with Gasteiger partial charge in [0.15, 0.2) is 6.19 Å². The van der Waals surface area contributed by atoms with Crippen molar-refractivity contribution in [3.05, 3.63) is 88.7 Å². The molecule has 0 amide bonds. The summed E-state index contributed by atoms with van der Waals surface area (Å²) in [7, 11) is 0. The minimum absolute atomic E-state index is 0.208. The maximum Gasteiger partial charge on any atom is 0.217 e. The van der Waals surface area contributed by atoms with Crippen molar-refractivity contribution in [2.75, 3.05) is 31.6 Å². The quantitative estimate of drug-likeness (QED) is 0.304. The number of rotatable bonds is 3. The van der Waals surface area contributed by atoms with E-state index in [9.17, 15) is 9.65 Å². The third-order valence-corrected chi connectivity index (χ3v) is 7.82. The zero-order chi connectivity index (χ0) is 25.6. The van der Waals surface area contributed by atoms with E-state index in [1.54, 1.807) is 6.07 Å². The summed E-state index contributed by atoms with van der Waals surface area (Å²) in [6, 6.07) is 19.6. The van der Waals surface area contributed by atoms with Crippen LogP contribution in [0.25, 0.3) is 22.7 Å². The van der Waals surface area contributed by atoms with Gasteiger partial charge in [0.1, 0.15) is 18.2 Å². The predicted molar refractivity (Wildman–Crippen MR) is 143 cm³/mol. The molecule has 1 aromatic heterocycles. The van der Waals surface area contributed by atoms with Crippen molar-refractivity contribution in [3.8, 4) is 11.9 Å². The Bertz CT molecular complexity index is 1610. The molecule has 4 aromatic rings. The Morgan fingerprint density at radius 3 is 2.89 bits per heavy atom. The molecule has 0 radical (unpaired) electrons. The summed E-state index contributed by atoms with van der Waals surface area (Å²) in [5, 5.41) is 12.2. The molecule has 7 rings (SSSR count). The van der Waals surface area contributed by atoms with Gasteiger partial charge in [0.25, 0.3) is 0 Å². The highest BCUT2D eigenvalue weighted by Gasteiger charge is 2.36. The van der Waals surface area contributed by atoms with Gasteiger partial charge >= 0.3 is 0 Å². The summed E-state index contributed by atoms with van der Waals surface area (Å²) in [5.41, 5.74) is 6.68. The van der Waals surface area contributed by atoms with Gasteiger partial charge in [-0.05, 0) is 59.0 Å². The van der Waals surface area contributed by atoms with E-state index in [1.165, 1.54) is 12.1 Å². The fourth-order valence-corrected chi connectivity index (χ4v) is 6.08. The van der Waals surface area contributed by atoms with E-state index >= 15 is 0 Å². The second kappa shape index (κ2) is 9.28. The van der Waals surface area contributed by atoms with E-state index in [4.69, 9.17) is 14.5 Å². The highest BCUT2D eigenvalue weighted by Crippen LogP contribution is 2.39. The molecule has 1 unspecified atom stereocenters. The number of fused-ring (bicyclic) bond motifs is 4. The van der Waals surface area contributed by atoms with Crippen LogP contribution in [0.4, 0.5) is 10.3 Å².